The van der Waals surface area contributed by atoms with Crippen LogP contribution in [0.2, 0.25) is 0 Å². The summed E-state index contributed by atoms with van der Waals surface area (Å²) in [6.07, 6.45) is 2.35. The largest absolute Gasteiger partial charge is 0.480 e. The predicted molar refractivity (Wildman–Crippen MR) is 68.9 cm³/mol. The van der Waals surface area contributed by atoms with E-state index in [4.69, 9.17) is 9.47 Å². The Morgan fingerprint density at radius 1 is 1.17 bits per heavy atom. The van der Waals surface area contributed by atoms with E-state index in [1.165, 1.54) is 0 Å². The Kier molecular flexibility index (Phi) is 4.36. The van der Waals surface area contributed by atoms with Crippen LogP contribution in [-0.2, 0) is 0 Å². The molecule has 100 valence electrons. The van der Waals surface area contributed by atoms with E-state index in [1.807, 2.05) is 0 Å². The lowest BCUT2D eigenvalue weighted by molar-refractivity contribution is 0.0804. The van der Waals surface area contributed by atoms with E-state index >= 15 is 0 Å². The monoisotopic (exact) mass is 251 g/mol. The molecule has 0 bridgehead atoms. The molecule has 0 radical (unpaired) electrons. The maximum atomic E-state index is 5.83. The van der Waals surface area contributed by atoms with Crippen molar-refractivity contribution in [2.45, 2.75) is 38.8 Å². The summed E-state index contributed by atoms with van der Waals surface area (Å²) in [5.74, 6) is 1.09. The van der Waals surface area contributed by atoms with Crippen LogP contribution in [0.15, 0.2) is 12.1 Å². The van der Waals surface area contributed by atoms with Crippen LogP contribution in [0.1, 0.15) is 26.7 Å². The second-order valence-electron chi connectivity index (χ2n) is 4.86. The molecule has 2 rings (SSSR count). The van der Waals surface area contributed by atoms with Gasteiger partial charge in [0.2, 0.25) is 11.8 Å². The van der Waals surface area contributed by atoms with Gasteiger partial charge in [-0.3, -0.25) is 0 Å². The van der Waals surface area contributed by atoms with Crippen LogP contribution in [0.5, 0.6) is 11.8 Å². The van der Waals surface area contributed by atoms with Gasteiger partial charge in [0.05, 0.1) is 7.11 Å². The van der Waals surface area contributed by atoms with Crippen molar-refractivity contribution >= 4 is 0 Å². The minimum Gasteiger partial charge on any atom is -0.480 e. The molecule has 2 heterocycles. The lowest BCUT2D eigenvalue weighted by Crippen LogP contribution is -2.41. The van der Waals surface area contributed by atoms with E-state index in [9.17, 15) is 0 Å². The van der Waals surface area contributed by atoms with E-state index in [1.54, 1.807) is 19.2 Å². The van der Waals surface area contributed by atoms with Crippen LogP contribution >= 0.6 is 0 Å². The molecule has 5 nitrogen and oxygen atoms in total. The van der Waals surface area contributed by atoms with E-state index in [2.05, 4.69) is 28.9 Å². The van der Waals surface area contributed by atoms with Gasteiger partial charge in [0.15, 0.2) is 0 Å². The number of hydrogen-bond donors (Lipinski definition) is 0. The van der Waals surface area contributed by atoms with Gasteiger partial charge in [-0.25, -0.2) is 0 Å². The lowest BCUT2D eigenvalue weighted by atomic mass is 10.1. The quantitative estimate of drug-likeness (QED) is 0.815. The van der Waals surface area contributed by atoms with Crippen LogP contribution in [0, 0.1) is 0 Å². The first kappa shape index (κ1) is 13.1. The molecule has 1 aliphatic rings. The molecule has 0 aliphatic carbocycles. The van der Waals surface area contributed by atoms with Crippen molar-refractivity contribution in [3.63, 3.8) is 0 Å². The third kappa shape index (κ3) is 3.32. The summed E-state index contributed by atoms with van der Waals surface area (Å²) >= 11 is 0. The first-order valence-corrected chi connectivity index (χ1v) is 6.47. The zero-order chi connectivity index (χ0) is 13.0. The van der Waals surface area contributed by atoms with Crippen molar-refractivity contribution in [2.75, 3.05) is 20.2 Å². The molecular weight excluding hydrogens is 230 g/mol. The van der Waals surface area contributed by atoms with Crippen LogP contribution in [0.3, 0.4) is 0 Å². The summed E-state index contributed by atoms with van der Waals surface area (Å²) < 4.78 is 10.8. The molecule has 1 fully saturated rings. The van der Waals surface area contributed by atoms with Crippen LogP contribution < -0.4 is 9.47 Å². The number of aromatic nitrogens is 2. The summed E-state index contributed by atoms with van der Waals surface area (Å²) in [5, 5.41) is 7.89. The summed E-state index contributed by atoms with van der Waals surface area (Å²) in [5.41, 5.74) is 0. The minimum absolute atomic E-state index is 0.252. The lowest BCUT2D eigenvalue weighted by Gasteiger charge is -2.34. The number of nitrogens with zero attached hydrogens (tertiary/aromatic N) is 3. The molecule has 0 spiro atoms. The van der Waals surface area contributed by atoms with E-state index < -0.39 is 0 Å². The fourth-order valence-electron chi connectivity index (χ4n) is 2.16. The maximum Gasteiger partial charge on any atom is 0.233 e. The molecule has 0 atom stereocenters. The smallest absolute Gasteiger partial charge is 0.233 e. The van der Waals surface area contributed by atoms with Gasteiger partial charge in [-0.1, -0.05) is 0 Å². The molecule has 0 N–H and O–H groups in total. The minimum atomic E-state index is 0.252. The Balaban J connectivity index is 1.83. The number of piperidine rings is 1. The zero-order valence-electron chi connectivity index (χ0n) is 11.3. The average Bonchev–Trinajstić information content (AvgIpc) is 2.40. The standard InChI is InChI=1S/C13H21N3O2/c1-10(2)16-8-6-11(7-9-16)18-13-5-4-12(17-3)14-15-13/h4-5,10-11H,6-9H2,1-3H3. The number of hydrogen-bond acceptors (Lipinski definition) is 5. The third-order valence-electron chi connectivity index (χ3n) is 3.32. The average molecular weight is 251 g/mol. The fourth-order valence-corrected chi connectivity index (χ4v) is 2.16. The third-order valence-corrected chi connectivity index (χ3v) is 3.32. The van der Waals surface area contributed by atoms with Gasteiger partial charge in [0.1, 0.15) is 6.10 Å². The highest BCUT2D eigenvalue weighted by atomic mass is 16.5. The van der Waals surface area contributed by atoms with Crippen molar-refractivity contribution in [3.8, 4) is 11.8 Å². The molecular formula is C13H21N3O2. The Morgan fingerprint density at radius 2 is 1.78 bits per heavy atom. The van der Waals surface area contributed by atoms with Crippen LogP contribution in [-0.4, -0.2) is 47.4 Å². The Labute approximate surface area is 108 Å². The highest BCUT2D eigenvalue weighted by Crippen LogP contribution is 2.18. The van der Waals surface area contributed by atoms with Crippen molar-refractivity contribution in [2.24, 2.45) is 0 Å². The van der Waals surface area contributed by atoms with Gasteiger partial charge in [-0.2, -0.15) is 0 Å². The van der Waals surface area contributed by atoms with Crippen molar-refractivity contribution < 1.29 is 9.47 Å². The molecule has 0 saturated carbocycles. The van der Waals surface area contributed by atoms with Gasteiger partial charge in [-0.15, -0.1) is 10.2 Å². The van der Waals surface area contributed by atoms with Crippen LogP contribution in [0.25, 0.3) is 0 Å². The van der Waals surface area contributed by atoms with E-state index in [0.29, 0.717) is 17.8 Å². The zero-order valence-corrected chi connectivity index (χ0v) is 11.3. The number of ether oxygens (including phenoxy) is 2. The number of rotatable bonds is 4. The molecule has 0 aromatic carbocycles. The highest BCUT2D eigenvalue weighted by Gasteiger charge is 2.22. The molecule has 1 aromatic heterocycles. The molecule has 1 saturated heterocycles. The molecule has 1 aromatic rings. The van der Waals surface area contributed by atoms with Crippen molar-refractivity contribution in [3.05, 3.63) is 12.1 Å². The highest BCUT2D eigenvalue weighted by molar-refractivity contribution is 5.15. The molecule has 0 unspecified atom stereocenters. The summed E-state index contributed by atoms with van der Waals surface area (Å²) in [4.78, 5) is 2.47. The first-order chi connectivity index (χ1) is 8.69. The Morgan fingerprint density at radius 3 is 2.28 bits per heavy atom. The first-order valence-electron chi connectivity index (χ1n) is 6.47. The summed E-state index contributed by atoms with van der Waals surface area (Å²) in [6, 6.07) is 4.19. The number of methoxy groups -OCH3 is 1. The van der Waals surface area contributed by atoms with Crippen molar-refractivity contribution in [1.82, 2.24) is 15.1 Å². The Bertz CT molecular complexity index is 359. The van der Waals surface area contributed by atoms with E-state index in [0.717, 1.165) is 25.9 Å². The Hall–Kier alpha value is -1.36. The van der Waals surface area contributed by atoms with Gasteiger partial charge in [0, 0.05) is 31.3 Å². The second kappa shape index (κ2) is 6.00. The predicted octanol–water partition coefficient (Wildman–Crippen LogP) is 1.74. The van der Waals surface area contributed by atoms with E-state index in [-0.39, 0.29) is 6.10 Å². The summed E-state index contributed by atoms with van der Waals surface area (Å²) in [6.45, 7) is 6.64. The normalized spacial score (nSPS) is 18.0. The molecule has 5 heteroatoms. The molecule has 1 aliphatic heterocycles. The topological polar surface area (TPSA) is 47.5 Å². The van der Waals surface area contributed by atoms with Gasteiger partial charge < -0.3 is 14.4 Å². The molecule has 18 heavy (non-hydrogen) atoms. The van der Waals surface area contributed by atoms with Crippen LogP contribution in [0.4, 0.5) is 0 Å². The SMILES string of the molecule is COc1ccc(OC2CCN(C(C)C)CC2)nn1. The van der Waals surface area contributed by atoms with Crippen molar-refractivity contribution in [1.29, 1.82) is 0 Å². The fraction of sp³-hybridized carbons (Fsp3) is 0.692. The molecule has 0 amide bonds. The number of likely N-dealkylation sites (tertiary alicyclic amines) is 1. The van der Waals surface area contributed by atoms with Gasteiger partial charge in [-0.05, 0) is 26.7 Å². The second-order valence-corrected chi connectivity index (χ2v) is 4.86. The summed E-state index contributed by atoms with van der Waals surface area (Å²) in [7, 11) is 1.58. The van der Waals surface area contributed by atoms with Gasteiger partial charge >= 0.3 is 0 Å². The maximum absolute atomic E-state index is 5.83. The van der Waals surface area contributed by atoms with Gasteiger partial charge in [0.25, 0.3) is 0 Å².